The van der Waals surface area contributed by atoms with Crippen LogP contribution in [-0.4, -0.2) is 12.4 Å². The van der Waals surface area contributed by atoms with E-state index in [1.165, 1.54) is 17.5 Å². The third-order valence-electron chi connectivity index (χ3n) is 3.68. The van der Waals surface area contributed by atoms with Crippen LogP contribution in [0.2, 0.25) is 10.0 Å². The first-order valence-electron chi connectivity index (χ1n) is 6.86. The summed E-state index contributed by atoms with van der Waals surface area (Å²) in [5.74, 6) is 0.509. The fraction of sp³-hybridized carbons (Fsp3) is 0.235. The van der Waals surface area contributed by atoms with Crippen LogP contribution >= 0.6 is 23.2 Å². The standard InChI is InChI=1S/C17H14Cl2O2/c18-15-7-6-14(9-16(15)19)21-10-17(20)13-5-4-11-2-1-3-12(11)8-13/h4-9H,1-3,10H2. The van der Waals surface area contributed by atoms with Crippen LogP contribution in [0.3, 0.4) is 0 Å². The van der Waals surface area contributed by atoms with Crippen LogP contribution in [0.15, 0.2) is 36.4 Å². The molecule has 0 unspecified atom stereocenters. The van der Waals surface area contributed by atoms with Crippen molar-refractivity contribution in [3.05, 3.63) is 63.1 Å². The summed E-state index contributed by atoms with van der Waals surface area (Å²) in [7, 11) is 0. The maximum atomic E-state index is 12.2. The molecule has 0 saturated heterocycles. The molecule has 2 aromatic carbocycles. The number of aryl methyl sites for hydroxylation is 2. The van der Waals surface area contributed by atoms with Gasteiger partial charge < -0.3 is 4.74 Å². The highest BCUT2D eigenvalue weighted by atomic mass is 35.5. The van der Waals surface area contributed by atoms with E-state index in [0.717, 1.165) is 12.8 Å². The van der Waals surface area contributed by atoms with E-state index in [0.29, 0.717) is 21.4 Å². The number of hydrogen-bond acceptors (Lipinski definition) is 2. The highest BCUT2D eigenvalue weighted by molar-refractivity contribution is 6.42. The van der Waals surface area contributed by atoms with Crippen molar-refractivity contribution < 1.29 is 9.53 Å². The molecule has 0 heterocycles. The van der Waals surface area contributed by atoms with Crippen molar-refractivity contribution in [2.45, 2.75) is 19.3 Å². The normalized spacial score (nSPS) is 13.0. The van der Waals surface area contributed by atoms with Gasteiger partial charge in [-0.2, -0.15) is 0 Å². The lowest BCUT2D eigenvalue weighted by Gasteiger charge is -2.08. The maximum Gasteiger partial charge on any atom is 0.200 e. The second-order valence-corrected chi connectivity index (χ2v) is 5.94. The average molecular weight is 321 g/mol. The smallest absolute Gasteiger partial charge is 0.200 e. The van der Waals surface area contributed by atoms with E-state index in [2.05, 4.69) is 6.07 Å². The molecule has 4 heteroatoms. The summed E-state index contributed by atoms with van der Waals surface area (Å²) in [5.41, 5.74) is 3.35. The fourth-order valence-electron chi connectivity index (χ4n) is 2.54. The van der Waals surface area contributed by atoms with E-state index in [-0.39, 0.29) is 12.4 Å². The zero-order valence-corrected chi connectivity index (χ0v) is 12.9. The number of ether oxygens (including phenoxy) is 1. The minimum Gasteiger partial charge on any atom is -0.485 e. The third-order valence-corrected chi connectivity index (χ3v) is 4.42. The van der Waals surface area contributed by atoms with Gasteiger partial charge in [-0.3, -0.25) is 4.79 Å². The Bertz CT molecular complexity index is 695. The molecule has 1 aliphatic carbocycles. The van der Waals surface area contributed by atoms with Gasteiger partial charge in [-0.25, -0.2) is 0 Å². The number of hydrogen-bond donors (Lipinski definition) is 0. The van der Waals surface area contributed by atoms with Crippen LogP contribution < -0.4 is 4.74 Å². The summed E-state index contributed by atoms with van der Waals surface area (Å²) < 4.78 is 5.48. The van der Waals surface area contributed by atoms with Crippen molar-refractivity contribution in [1.29, 1.82) is 0 Å². The Morgan fingerprint density at radius 2 is 1.81 bits per heavy atom. The molecule has 0 atom stereocenters. The van der Waals surface area contributed by atoms with Crippen molar-refractivity contribution in [2.75, 3.05) is 6.61 Å². The summed E-state index contributed by atoms with van der Waals surface area (Å²) in [6.45, 7) is -0.00323. The zero-order valence-electron chi connectivity index (χ0n) is 11.4. The topological polar surface area (TPSA) is 26.3 Å². The van der Waals surface area contributed by atoms with Crippen LogP contribution in [0.4, 0.5) is 0 Å². The predicted octanol–water partition coefficient (Wildman–Crippen LogP) is 4.74. The van der Waals surface area contributed by atoms with E-state index in [9.17, 15) is 4.79 Å². The quantitative estimate of drug-likeness (QED) is 0.760. The number of rotatable bonds is 4. The molecule has 0 bridgehead atoms. The highest BCUT2D eigenvalue weighted by Crippen LogP contribution is 2.27. The van der Waals surface area contributed by atoms with Crippen molar-refractivity contribution in [2.24, 2.45) is 0 Å². The molecule has 0 radical (unpaired) electrons. The van der Waals surface area contributed by atoms with Crippen molar-refractivity contribution in [1.82, 2.24) is 0 Å². The number of fused-ring (bicyclic) bond motifs is 1. The van der Waals surface area contributed by atoms with Gasteiger partial charge in [0.25, 0.3) is 0 Å². The van der Waals surface area contributed by atoms with E-state index in [4.69, 9.17) is 27.9 Å². The highest BCUT2D eigenvalue weighted by Gasteiger charge is 2.14. The molecule has 0 N–H and O–H groups in total. The molecule has 3 rings (SSSR count). The number of carbonyl (C=O) groups excluding carboxylic acids is 1. The van der Waals surface area contributed by atoms with Crippen LogP contribution in [0.1, 0.15) is 27.9 Å². The predicted molar refractivity (Wildman–Crippen MR) is 84.8 cm³/mol. The maximum absolute atomic E-state index is 12.2. The first kappa shape index (κ1) is 14.4. The molecule has 2 aromatic rings. The van der Waals surface area contributed by atoms with Crippen molar-refractivity contribution >= 4 is 29.0 Å². The third kappa shape index (κ3) is 3.22. The molecule has 0 aliphatic heterocycles. The number of carbonyl (C=O) groups is 1. The lowest BCUT2D eigenvalue weighted by molar-refractivity contribution is 0.0921. The van der Waals surface area contributed by atoms with Crippen LogP contribution in [-0.2, 0) is 12.8 Å². The lowest BCUT2D eigenvalue weighted by atomic mass is 10.0. The molecule has 0 saturated carbocycles. The molecule has 2 nitrogen and oxygen atoms in total. The molecular formula is C17H14Cl2O2. The van der Waals surface area contributed by atoms with E-state index < -0.39 is 0 Å². The van der Waals surface area contributed by atoms with Crippen LogP contribution in [0.25, 0.3) is 0 Å². The number of ketones is 1. The Labute approximate surface area is 133 Å². The largest absolute Gasteiger partial charge is 0.485 e. The minimum absolute atomic E-state index is 0.00323. The minimum atomic E-state index is -0.0317. The lowest BCUT2D eigenvalue weighted by Crippen LogP contribution is -2.12. The van der Waals surface area contributed by atoms with Gasteiger partial charge in [0.05, 0.1) is 10.0 Å². The fourth-order valence-corrected chi connectivity index (χ4v) is 2.83. The van der Waals surface area contributed by atoms with Gasteiger partial charge in [-0.1, -0.05) is 35.3 Å². The Kier molecular flexibility index (Phi) is 4.18. The second kappa shape index (κ2) is 6.08. The van der Waals surface area contributed by atoms with Gasteiger partial charge >= 0.3 is 0 Å². The molecule has 21 heavy (non-hydrogen) atoms. The zero-order chi connectivity index (χ0) is 14.8. The summed E-state index contributed by atoms with van der Waals surface area (Å²) in [4.78, 5) is 12.2. The Morgan fingerprint density at radius 3 is 2.62 bits per heavy atom. The van der Waals surface area contributed by atoms with Crippen molar-refractivity contribution in [3.63, 3.8) is 0 Å². The Morgan fingerprint density at radius 1 is 1.00 bits per heavy atom. The van der Waals surface area contributed by atoms with Gasteiger partial charge in [0.2, 0.25) is 0 Å². The molecular weight excluding hydrogens is 307 g/mol. The van der Waals surface area contributed by atoms with Gasteiger partial charge in [0.15, 0.2) is 12.4 Å². The molecule has 0 spiro atoms. The van der Waals surface area contributed by atoms with Crippen molar-refractivity contribution in [3.8, 4) is 5.75 Å². The monoisotopic (exact) mass is 320 g/mol. The van der Waals surface area contributed by atoms with Gasteiger partial charge in [-0.15, -0.1) is 0 Å². The average Bonchev–Trinajstić information content (AvgIpc) is 2.95. The van der Waals surface area contributed by atoms with Crippen LogP contribution in [0, 0.1) is 0 Å². The van der Waals surface area contributed by atoms with Gasteiger partial charge in [0.1, 0.15) is 5.75 Å². The van der Waals surface area contributed by atoms with E-state index in [1.54, 1.807) is 18.2 Å². The molecule has 108 valence electrons. The van der Waals surface area contributed by atoms with Gasteiger partial charge in [0, 0.05) is 11.6 Å². The molecule has 0 amide bonds. The van der Waals surface area contributed by atoms with E-state index >= 15 is 0 Å². The van der Waals surface area contributed by atoms with Gasteiger partial charge in [-0.05, 0) is 48.6 Å². The Balaban J connectivity index is 1.67. The first-order valence-corrected chi connectivity index (χ1v) is 7.62. The molecule has 1 aliphatic rings. The molecule has 0 fully saturated rings. The summed E-state index contributed by atoms with van der Waals surface area (Å²) in [5, 5.41) is 0.883. The van der Waals surface area contributed by atoms with Crippen LogP contribution in [0.5, 0.6) is 5.75 Å². The number of benzene rings is 2. The summed E-state index contributed by atoms with van der Waals surface area (Å²) >= 11 is 11.8. The SMILES string of the molecule is O=C(COc1ccc(Cl)c(Cl)c1)c1ccc2c(c1)CCC2. The summed E-state index contributed by atoms with van der Waals surface area (Å²) in [6, 6.07) is 10.9. The molecule has 0 aromatic heterocycles. The Hall–Kier alpha value is -1.51. The number of halogens is 2. The number of Topliss-reactive ketones (excluding diaryl/α,β-unsaturated/α-hetero) is 1. The first-order chi connectivity index (χ1) is 10.1. The summed E-state index contributed by atoms with van der Waals surface area (Å²) in [6.07, 6.45) is 3.35. The van der Waals surface area contributed by atoms with E-state index in [1.807, 2.05) is 12.1 Å². The second-order valence-electron chi connectivity index (χ2n) is 5.12.